The van der Waals surface area contributed by atoms with E-state index in [2.05, 4.69) is 16.0 Å². The molecule has 1 aromatic rings. The first-order chi connectivity index (χ1) is 12.7. The molecule has 0 spiro atoms. The summed E-state index contributed by atoms with van der Waals surface area (Å²) in [7, 11) is 0. The second-order valence-electron chi connectivity index (χ2n) is 7.69. The van der Waals surface area contributed by atoms with Crippen LogP contribution in [-0.4, -0.2) is 47.4 Å². The van der Waals surface area contributed by atoms with Crippen molar-refractivity contribution in [2.24, 2.45) is 5.92 Å². The van der Waals surface area contributed by atoms with Crippen LogP contribution < -0.4 is 16.0 Å². The molecule has 27 heavy (non-hydrogen) atoms. The number of piperazine rings is 1. The van der Waals surface area contributed by atoms with E-state index in [9.17, 15) is 14.4 Å². The molecule has 2 aliphatic heterocycles. The molecule has 3 rings (SSSR count). The second-order valence-corrected chi connectivity index (χ2v) is 8.10. The number of amides is 4. The van der Waals surface area contributed by atoms with Gasteiger partial charge in [-0.3, -0.25) is 9.59 Å². The molecule has 0 saturated carbocycles. The highest BCUT2D eigenvalue weighted by atomic mass is 35.5. The maximum absolute atomic E-state index is 12.6. The molecule has 1 aromatic carbocycles. The SMILES string of the molecule is Cc1ccc(NC(=O)N[C@H]2C[C@H]3C(=O)N[C@@H](CC(C)C)C(=O)N3C2)cc1Cl. The number of carbonyl (C=O) groups is 3. The largest absolute Gasteiger partial charge is 0.342 e. The molecule has 7 nitrogen and oxygen atoms in total. The molecule has 146 valence electrons. The number of carbonyl (C=O) groups excluding carboxylic acids is 3. The fourth-order valence-electron chi connectivity index (χ4n) is 3.62. The van der Waals surface area contributed by atoms with Gasteiger partial charge in [-0.1, -0.05) is 31.5 Å². The van der Waals surface area contributed by atoms with Crippen molar-refractivity contribution < 1.29 is 14.4 Å². The van der Waals surface area contributed by atoms with Gasteiger partial charge < -0.3 is 20.9 Å². The van der Waals surface area contributed by atoms with Gasteiger partial charge in [0.1, 0.15) is 12.1 Å². The molecule has 0 unspecified atom stereocenters. The summed E-state index contributed by atoms with van der Waals surface area (Å²) < 4.78 is 0. The van der Waals surface area contributed by atoms with Crippen molar-refractivity contribution in [3.8, 4) is 0 Å². The molecule has 2 fully saturated rings. The molecule has 3 N–H and O–H groups in total. The van der Waals surface area contributed by atoms with Gasteiger partial charge in [0.05, 0.1) is 6.04 Å². The lowest BCUT2D eigenvalue weighted by molar-refractivity contribution is -0.147. The van der Waals surface area contributed by atoms with Crippen molar-refractivity contribution in [1.29, 1.82) is 0 Å². The number of halogens is 1. The quantitative estimate of drug-likeness (QED) is 0.734. The number of nitrogens with one attached hydrogen (secondary N) is 3. The fourth-order valence-corrected chi connectivity index (χ4v) is 3.80. The Morgan fingerprint density at radius 3 is 2.78 bits per heavy atom. The molecule has 8 heteroatoms. The number of hydrogen-bond donors (Lipinski definition) is 3. The first kappa shape index (κ1) is 19.5. The molecule has 3 atom stereocenters. The fraction of sp³-hybridized carbons (Fsp3) is 0.526. The Bertz CT molecular complexity index is 767. The van der Waals surface area contributed by atoms with Crippen LogP contribution in [0.2, 0.25) is 5.02 Å². The van der Waals surface area contributed by atoms with Crippen LogP contribution in [-0.2, 0) is 9.59 Å². The van der Waals surface area contributed by atoms with Gasteiger partial charge in [-0.05, 0) is 43.4 Å². The summed E-state index contributed by atoms with van der Waals surface area (Å²) in [5.74, 6) is 0.0954. The topological polar surface area (TPSA) is 90.5 Å². The summed E-state index contributed by atoms with van der Waals surface area (Å²) in [5.41, 5.74) is 1.51. The van der Waals surface area contributed by atoms with Crippen LogP contribution in [0.1, 0.15) is 32.3 Å². The van der Waals surface area contributed by atoms with E-state index in [4.69, 9.17) is 11.6 Å². The Balaban J connectivity index is 1.60. The number of aryl methyl sites for hydroxylation is 1. The molecule has 0 radical (unpaired) electrons. The van der Waals surface area contributed by atoms with E-state index in [1.807, 2.05) is 26.8 Å². The molecule has 0 aliphatic carbocycles. The molecule has 0 bridgehead atoms. The number of rotatable bonds is 4. The molecular weight excluding hydrogens is 368 g/mol. The van der Waals surface area contributed by atoms with Gasteiger partial charge in [-0.15, -0.1) is 0 Å². The number of anilines is 1. The van der Waals surface area contributed by atoms with Crippen molar-refractivity contribution in [3.05, 3.63) is 28.8 Å². The summed E-state index contributed by atoms with van der Waals surface area (Å²) in [6, 6.07) is 3.63. The zero-order valence-corrected chi connectivity index (χ0v) is 16.5. The number of hydrogen-bond acceptors (Lipinski definition) is 3. The zero-order valence-electron chi connectivity index (χ0n) is 15.7. The van der Waals surface area contributed by atoms with E-state index < -0.39 is 12.1 Å². The monoisotopic (exact) mass is 392 g/mol. The van der Waals surface area contributed by atoms with Gasteiger partial charge in [0.25, 0.3) is 0 Å². The Morgan fingerprint density at radius 1 is 1.37 bits per heavy atom. The lowest BCUT2D eigenvalue weighted by Crippen LogP contribution is -2.61. The third-order valence-electron chi connectivity index (χ3n) is 4.97. The van der Waals surface area contributed by atoms with Crippen LogP contribution in [0, 0.1) is 12.8 Å². The van der Waals surface area contributed by atoms with Crippen LogP contribution in [0.15, 0.2) is 18.2 Å². The van der Waals surface area contributed by atoms with Crippen LogP contribution in [0.5, 0.6) is 0 Å². The maximum atomic E-state index is 12.6. The molecule has 2 aliphatic rings. The van der Waals surface area contributed by atoms with Gasteiger partial charge in [0.2, 0.25) is 11.8 Å². The van der Waals surface area contributed by atoms with Crippen molar-refractivity contribution >= 4 is 35.1 Å². The molecule has 2 heterocycles. The average Bonchev–Trinajstić information content (AvgIpc) is 3.00. The van der Waals surface area contributed by atoms with E-state index >= 15 is 0 Å². The third-order valence-corrected chi connectivity index (χ3v) is 5.38. The predicted octanol–water partition coefficient (Wildman–Crippen LogP) is 2.28. The van der Waals surface area contributed by atoms with Crippen molar-refractivity contribution in [1.82, 2.24) is 15.5 Å². The average molecular weight is 393 g/mol. The first-order valence-corrected chi connectivity index (χ1v) is 9.57. The lowest BCUT2D eigenvalue weighted by atomic mass is 9.99. The Morgan fingerprint density at radius 2 is 2.11 bits per heavy atom. The predicted molar refractivity (Wildman–Crippen MR) is 104 cm³/mol. The number of urea groups is 1. The highest BCUT2D eigenvalue weighted by Crippen LogP contribution is 2.25. The number of benzene rings is 1. The Kier molecular flexibility index (Phi) is 5.60. The summed E-state index contributed by atoms with van der Waals surface area (Å²) in [5, 5.41) is 8.98. The second kappa shape index (κ2) is 7.76. The zero-order chi connectivity index (χ0) is 19.7. The minimum absolute atomic E-state index is 0.0664. The number of nitrogens with zero attached hydrogens (tertiary/aromatic N) is 1. The van der Waals surface area contributed by atoms with Crippen LogP contribution in [0.4, 0.5) is 10.5 Å². The van der Waals surface area contributed by atoms with Gasteiger partial charge in [-0.2, -0.15) is 0 Å². The van der Waals surface area contributed by atoms with Gasteiger partial charge in [0, 0.05) is 17.3 Å². The van der Waals surface area contributed by atoms with Crippen LogP contribution >= 0.6 is 11.6 Å². The van der Waals surface area contributed by atoms with Gasteiger partial charge in [0.15, 0.2) is 0 Å². The standard InChI is InChI=1S/C19H25ClN4O3/c1-10(2)6-15-18(26)24-9-13(8-16(24)17(25)23-15)22-19(27)21-12-5-4-11(3)14(20)7-12/h4-5,7,10,13,15-16H,6,8-9H2,1-3H3,(H,23,25)(H2,21,22,27)/t13-,15-,16-/m0/s1. The van der Waals surface area contributed by atoms with Crippen molar-refractivity contribution in [2.75, 3.05) is 11.9 Å². The molecule has 2 saturated heterocycles. The van der Waals surface area contributed by atoms with Crippen LogP contribution in [0.3, 0.4) is 0 Å². The van der Waals surface area contributed by atoms with E-state index in [1.54, 1.807) is 17.0 Å². The van der Waals surface area contributed by atoms with Crippen molar-refractivity contribution in [2.45, 2.75) is 51.7 Å². The smallest absolute Gasteiger partial charge is 0.319 e. The third kappa shape index (κ3) is 4.35. The Hall–Kier alpha value is -2.28. The van der Waals surface area contributed by atoms with Gasteiger partial charge >= 0.3 is 6.03 Å². The normalized spacial score (nSPS) is 24.6. The first-order valence-electron chi connectivity index (χ1n) is 9.19. The summed E-state index contributed by atoms with van der Waals surface area (Å²) in [6.07, 6.45) is 1.02. The molecular formula is C19H25ClN4O3. The highest BCUT2D eigenvalue weighted by Gasteiger charge is 2.46. The van der Waals surface area contributed by atoms with E-state index in [0.717, 1.165) is 5.56 Å². The van der Waals surface area contributed by atoms with E-state index in [1.165, 1.54) is 0 Å². The number of fused-ring (bicyclic) bond motifs is 1. The maximum Gasteiger partial charge on any atom is 0.319 e. The highest BCUT2D eigenvalue weighted by molar-refractivity contribution is 6.31. The van der Waals surface area contributed by atoms with E-state index in [0.29, 0.717) is 36.0 Å². The van der Waals surface area contributed by atoms with Gasteiger partial charge in [-0.25, -0.2) is 4.79 Å². The van der Waals surface area contributed by atoms with E-state index in [-0.39, 0.29) is 23.9 Å². The van der Waals surface area contributed by atoms with Crippen molar-refractivity contribution in [3.63, 3.8) is 0 Å². The molecule has 4 amide bonds. The minimum atomic E-state index is -0.514. The summed E-state index contributed by atoms with van der Waals surface area (Å²) in [6.45, 7) is 6.26. The molecule has 0 aromatic heterocycles. The Labute approximate surface area is 163 Å². The lowest BCUT2D eigenvalue weighted by Gasteiger charge is -2.35. The summed E-state index contributed by atoms with van der Waals surface area (Å²) >= 11 is 6.07. The minimum Gasteiger partial charge on any atom is -0.342 e. The summed E-state index contributed by atoms with van der Waals surface area (Å²) in [4.78, 5) is 38.9. The van der Waals surface area contributed by atoms with Crippen LogP contribution in [0.25, 0.3) is 0 Å².